The second-order valence-electron chi connectivity index (χ2n) is 7.36. The molecule has 0 saturated carbocycles. The summed E-state index contributed by atoms with van der Waals surface area (Å²) >= 11 is 0. The summed E-state index contributed by atoms with van der Waals surface area (Å²) in [6.45, 7) is 5.00. The molecule has 0 fully saturated rings. The molecule has 1 aromatic heterocycles. The van der Waals surface area contributed by atoms with Crippen LogP contribution in [-0.2, 0) is 27.7 Å². The first kappa shape index (κ1) is 21.3. The second kappa shape index (κ2) is 8.64. The third kappa shape index (κ3) is 4.13. The van der Waals surface area contributed by atoms with Gasteiger partial charge in [0.05, 0.1) is 17.0 Å². The lowest BCUT2D eigenvalue weighted by Crippen LogP contribution is -2.31. The predicted octanol–water partition coefficient (Wildman–Crippen LogP) is 3.50. The lowest BCUT2D eigenvalue weighted by Gasteiger charge is -2.20. The van der Waals surface area contributed by atoms with E-state index in [9.17, 15) is 13.2 Å². The monoisotopic (exact) mass is 439 g/mol. The highest BCUT2D eigenvalue weighted by Gasteiger charge is 2.28. The maximum Gasteiger partial charge on any atom is 0.243 e. The van der Waals surface area contributed by atoms with Gasteiger partial charge in [-0.25, -0.2) is 13.4 Å². The lowest BCUT2D eigenvalue weighted by atomic mass is 10.2. The highest BCUT2D eigenvalue weighted by molar-refractivity contribution is 7.89. The van der Waals surface area contributed by atoms with Crippen LogP contribution in [0, 0.1) is 0 Å². The Kier molecular flexibility index (Phi) is 5.93. The molecule has 0 unspecified atom stereocenters. The van der Waals surface area contributed by atoms with Crippen LogP contribution in [0.4, 0.5) is 5.69 Å². The van der Waals surface area contributed by atoms with Gasteiger partial charge >= 0.3 is 0 Å². The van der Waals surface area contributed by atoms with E-state index in [0.717, 1.165) is 16.8 Å². The summed E-state index contributed by atoms with van der Waals surface area (Å²) < 4.78 is 32.6. The Morgan fingerprint density at radius 1 is 1.13 bits per heavy atom. The number of hydrogen-bond acceptors (Lipinski definition) is 5. The number of oxazole rings is 1. The number of amides is 1. The Hall–Kier alpha value is -2.97. The molecule has 0 bridgehead atoms. The minimum Gasteiger partial charge on any atom is -0.444 e. The van der Waals surface area contributed by atoms with Crippen LogP contribution in [0.2, 0.25) is 0 Å². The molecule has 7 nitrogen and oxygen atoms in total. The number of carbonyl (C=O) groups is 1. The topological polar surface area (TPSA) is 83.7 Å². The van der Waals surface area contributed by atoms with Gasteiger partial charge < -0.3 is 9.32 Å². The fraction of sp³-hybridized carbons (Fsp3) is 0.304. The molecule has 4 rings (SSSR count). The molecule has 2 aromatic carbocycles. The van der Waals surface area contributed by atoms with Crippen molar-refractivity contribution in [2.75, 3.05) is 24.5 Å². The number of carbonyl (C=O) groups excluding carboxylic acids is 1. The van der Waals surface area contributed by atoms with Crippen molar-refractivity contribution in [3.8, 4) is 11.5 Å². The maximum absolute atomic E-state index is 12.9. The summed E-state index contributed by atoms with van der Waals surface area (Å²) in [7, 11) is -3.53. The van der Waals surface area contributed by atoms with E-state index in [0.29, 0.717) is 37.6 Å². The van der Waals surface area contributed by atoms with Crippen molar-refractivity contribution < 1.29 is 17.6 Å². The van der Waals surface area contributed by atoms with Crippen LogP contribution >= 0.6 is 0 Å². The quantitative estimate of drug-likeness (QED) is 0.563. The molecule has 0 spiro atoms. The predicted molar refractivity (Wildman–Crippen MR) is 118 cm³/mol. The largest absolute Gasteiger partial charge is 0.444 e. The third-order valence-electron chi connectivity index (χ3n) is 5.50. The van der Waals surface area contributed by atoms with Crippen LogP contribution < -0.4 is 4.90 Å². The van der Waals surface area contributed by atoms with Crippen LogP contribution in [-0.4, -0.2) is 43.2 Å². The zero-order valence-electron chi connectivity index (χ0n) is 17.6. The van der Waals surface area contributed by atoms with E-state index < -0.39 is 10.0 Å². The number of fused-ring (bicyclic) bond motifs is 1. The minimum absolute atomic E-state index is 0.0917. The summed E-state index contributed by atoms with van der Waals surface area (Å²) in [6.07, 6.45) is 2.25. The van der Waals surface area contributed by atoms with Gasteiger partial charge in [0.25, 0.3) is 0 Å². The van der Waals surface area contributed by atoms with Crippen LogP contribution in [0.25, 0.3) is 11.5 Å². The lowest BCUT2D eigenvalue weighted by molar-refractivity contribution is -0.117. The summed E-state index contributed by atoms with van der Waals surface area (Å²) in [5.74, 6) is 0.391. The molecule has 1 aliphatic heterocycles. The maximum atomic E-state index is 12.9. The number of benzene rings is 2. The smallest absolute Gasteiger partial charge is 0.243 e. The van der Waals surface area contributed by atoms with Gasteiger partial charge in [0, 0.05) is 30.9 Å². The number of anilines is 1. The Balaban J connectivity index is 1.51. The number of nitrogens with zero attached hydrogens (tertiary/aromatic N) is 3. The zero-order chi connectivity index (χ0) is 22.0. The fourth-order valence-corrected chi connectivity index (χ4v) is 5.37. The van der Waals surface area contributed by atoms with Crippen molar-refractivity contribution in [3.63, 3.8) is 0 Å². The van der Waals surface area contributed by atoms with E-state index in [1.165, 1.54) is 10.6 Å². The van der Waals surface area contributed by atoms with Crippen molar-refractivity contribution in [2.24, 2.45) is 0 Å². The SMILES string of the molecule is CCN(CC)S(=O)(=O)c1ccc2c(c1)CCN2C(=O)Cc1coc(-c2ccccc2)n1. The van der Waals surface area contributed by atoms with Crippen molar-refractivity contribution >= 4 is 21.6 Å². The molecule has 0 saturated heterocycles. The molecular weight excluding hydrogens is 414 g/mol. The molecular formula is C23H25N3O4S. The molecule has 31 heavy (non-hydrogen) atoms. The third-order valence-corrected chi connectivity index (χ3v) is 7.54. The molecule has 0 radical (unpaired) electrons. The van der Waals surface area contributed by atoms with Crippen molar-refractivity contribution in [3.05, 3.63) is 66.1 Å². The molecule has 0 N–H and O–H groups in total. The first-order chi connectivity index (χ1) is 14.9. The van der Waals surface area contributed by atoms with Crippen molar-refractivity contribution in [1.82, 2.24) is 9.29 Å². The van der Waals surface area contributed by atoms with E-state index in [2.05, 4.69) is 4.98 Å². The van der Waals surface area contributed by atoms with Gasteiger partial charge in [-0.1, -0.05) is 32.0 Å². The normalized spacial score (nSPS) is 13.6. The highest BCUT2D eigenvalue weighted by atomic mass is 32.2. The van der Waals surface area contributed by atoms with Crippen LogP contribution in [0.3, 0.4) is 0 Å². The average molecular weight is 440 g/mol. The Morgan fingerprint density at radius 2 is 1.87 bits per heavy atom. The first-order valence-corrected chi connectivity index (χ1v) is 11.8. The summed E-state index contributed by atoms with van der Waals surface area (Å²) in [6, 6.07) is 14.5. The van der Waals surface area contributed by atoms with E-state index in [-0.39, 0.29) is 17.2 Å². The van der Waals surface area contributed by atoms with Gasteiger partial charge in [-0.15, -0.1) is 0 Å². The first-order valence-electron chi connectivity index (χ1n) is 10.4. The standard InChI is InChI=1S/C23H25N3O4S/c1-3-25(4-2)31(28,29)20-10-11-21-18(14-20)12-13-26(21)22(27)15-19-16-30-23(24-19)17-8-6-5-7-9-17/h5-11,14,16H,3-4,12-13,15H2,1-2H3. The minimum atomic E-state index is -3.53. The van der Waals surface area contributed by atoms with Crippen LogP contribution in [0.1, 0.15) is 25.1 Å². The highest BCUT2D eigenvalue weighted by Crippen LogP contribution is 2.31. The molecule has 1 amide bonds. The molecule has 162 valence electrons. The van der Waals surface area contributed by atoms with Crippen molar-refractivity contribution in [1.29, 1.82) is 0 Å². The van der Waals surface area contributed by atoms with Crippen LogP contribution in [0.15, 0.2) is 64.1 Å². The van der Waals surface area contributed by atoms with Gasteiger partial charge in [-0.3, -0.25) is 4.79 Å². The van der Waals surface area contributed by atoms with Gasteiger partial charge in [0.2, 0.25) is 21.8 Å². The molecule has 1 aliphatic rings. The molecule has 0 atom stereocenters. The zero-order valence-corrected chi connectivity index (χ0v) is 18.4. The van der Waals surface area contributed by atoms with E-state index >= 15 is 0 Å². The average Bonchev–Trinajstić information content (AvgIpc) is 3.41. The number of sulfonamides is 1. The van der Waals surface area contributed by atoms with Crippen molar-refractivity contribution in [2.45, 2.75) is 31.6 Å². The number of aromatic nitrogens is 1. The summed E-state index contributed by atoms with van der Waals surface area (Å²) in [4.78, 5) is 19.3. The van der Waals surface area contributed by atoms with E-state index in [4.69, 9.17) is 4.42 Å². The van der Waals surface area contributed by atoms with Gasteiger partial charge in [-0.05, 0) is 42.3 Å². The van der Waals surface area contributed by atoms with Gasteiger partial charge in [-0.2, -0.15) is 4.31 Å². The van der Waals surface area contributed by atoms with Gasteiger partial charge in [0.1, 0.15) is 6.26 Å². The number of hydrogen-bond donors (Lipinski definition) is 0. The molecule has 2 heterocycles. The summed E-state index contributed by atoms with van der Waals surface area (Å²) in [5.41, 5.74) is 3.05. The summed E-state index contributed by atoms with van der Waals surface area (Å²) in [5, 5.41) is 0. The Labute approximate surface area is 182 Å². The van der Waals surface area contributed by atoms with E-state index in [1.54, 1.807) is 23.1 Å². The molecule has 0 aliphatic carbocycles. The van der Waals surface area contributed by atoms with Gasteiger partial charge in [0.15, 0.2) is 0 Å². The number of rotatable bonds is 7. The van der Waals surface area contributed by atoms with E-state index in [1.807, 2.05) is 44.2 Å². The molecule has 3 aromatic rings. The fourth-order valence-electron chi connectivity index (χ4n) is 3.86. The Bertz CT molecular complexity index is 1180. The van der Waals surface area contributed by atoms with Crippen LogP contribution in [0.5, 0.6) is 0 Å². The second-order valence-corrected chi connectivity index (χ2v) is 9.30. The Morgan fingerprint density at radius 3 is 2.58 bits per heavy atom. The molecule has 8 heteroatoms.